The van der Waals surface area contributed by atoms with Crippen molar-refractivity contribution in [2.45, 2.75) is 25.9 Å². The lowest BCUT2D eigenvalue weighted by Gasteiger charge is -2.31. The van der Waals surface area contributed by atoms with E-state index in [-0.39, 0.29) is 11.8 Å². The molecule has 4 heteroatoms. The fourth-order valence-corrected chi connectivity index (χ4v) is 3.56. The summed E-state index contributed by atoms with van der Waals surface area (Å²) in [5.41, 5.74) is 2.46. The molecule has 1 aliphatic heterocycles. The first kappa shape index (κ1) is 17.2. The smallest absolute Gasteiger partial charge is 0.223 e. The summed E-state index contributed by atoms with van der Waals surface area (Å²) in [5, 5.41) is 3.08. The third-order valence-corrected chi connectivity index (χ3v) is 5.39. The summed E-state index contributed by atoms with van der Waals surface area (Å²) in [6.45, 7) is 3.52. The van der Waals surface area contributed by atoms with E-state index in [9.17, 15) is 4.79 Å². The predicted octanol–water partition coefficient (Wildman–Crippen LogP) is 3.98. The van der Waals surface area contributed by atoms with Gasteiger partial charge in [-0.05, 0) is 43.1 Å². The van der Waals surface area contributed by atoms with Gasteiger partial charge in [0.05, 0.1) is 0 Å². The summed E-state index contributed by atoms with van der Waals surface area (Å²) in [5.74, 6) is 0.337. The molecular weight excluding hydrogens is 364 g/mol. The molecule has 0 spiro atoms. The minimum atomic E-state index is 0.143. The lowest BCUT2D eigenvalue weighted by molar-refractivity contribution is -0.126. The summed E-state index contributed by atoms with van der Waals surface area (Å²) in [4.78, 5) is 14.8. The van der Waals surface area contributed by atoms with Crippen molar-refractivity contribution < 1.29 is 4.79 Å². The van der Waals surface area contributed by atoms with Gasteiger partial charge in [0.15, 0.2) is 0 Å². The summed E-state index contributed by atoms with van der Waals surface area (Å²) in [7, 11) is 0. The van der Waals surface area contributed by atoms with E-state index in [1.807, 2.05) is 36.4 Å². The Labute approximate surface area is 152 Å². The van der Waals surface area contributed by atoms with Gasteiger partial charge in [-0.2, -0.15) is 0 Å². The Bertz CT molecular complexity index is 666. The number of halogens is 1. The molecule has 0 bridgehead atoms. The first-order valence-electron chi connectivity index (χ1n) is 8.50. The molecule has 1 saturated heterocycles. The van der Waals surface area contributed by atoms with E-state index in [2.05, 4.69) is 44.3 Å². The summed E-state index contributed by atoms with van der Waals surface area (Å²) >= 11 is 3.61. The van der Waals surface area contributed by atoms with Crippen LogP contribution >= 0.6 is 15.9 Å². The Morgan fingerprint density at radius 3 is 2.42 bits per heavy atom. The minimum Gasteiger partial charge on any atom is -0.352 e. The van der Waals surface area contributed by atoms with Gasteiger partial charge >= 0.3 is 0 Å². The number of hydrogen-bond acceptors (Lipinski definition) is 2. The normalized spacial score (nSPS) is 16.0. The second-order valence-corrected chi connectivity index (χ2v) is 7.20. The lowest BCUT2D eigenvalue weighted by atomic mass is 9.95. The van der Waals surface area contributed by atoms with Crippen molar-refractivity contribution >= 4 is 21.8 Å². The van der Waals surface area contributed by atoms with Crippen LogP contribution in [0.5, 0.6) is 0 Å². The molecule has 1 aliphatic rings. The van der Waals surface area contributed by atoms with Gasteiger partial charge in [-0.3, -0.25) is 9.69 Å². The first-order chi connectivity index (χ1) is 11.7. The van der Waals surface area contributed by atoms with Crippen LogP contribution in [0, 0.1) is 5.92 Å². The molecule has 1 amide bonds. The molecule has 3 rings (SSSR count). The molecule has 0 unspecified atom stereocenters. The molecule has 2 aromatic carbocycles. The highest BCUT2D eigenvalue weighted by atomic mass is 79.9. The molecule has 0 radical (unpaired) electrons. The van der Waals surface area contributed by atoms with Crippen molar-refractivity contribution in [2.24, 2.45) is 5.92 Å². The Kier molecular flexibility index (Phi) is 6.05. The quantitative estimate of drug-likeness (QED) is 0.842. The van der Waals surface area contributed by atoms with Crippen molar-refractivity contribution in [3.63, 3.8) is 0 Å². The maximum Gasteiger partial charge on any atom is 0.223 e. The highest BCUT2D eigenvalue weighted by Gasteiger charge is 2.24. The number of rotatable bonds is 5. The van der Waals surface area contributed by atoms with Crippen LogP contribution in [-0.4, -0.2) is 23.9 Å². The Balaban J connectivity index is 1.44. The molecule has 126 valence electrons. The van der Waals surface area contributed by atoms with E-state index in [4.69, 9.17) is 0 Å². The molecule has 0 aromatic heterocycles. The van der Waals surface area contributed by atoms with Gasteiger partial charge in [-0.1, -0.05) is 64.5 Å². The average molecular weight is 387 g/mol. The zero-order chi connectivity index (χ0) is 16.8. The van der Waals surface area contributed by atoms with Crippen LogP contribution in [0.1, 0.15) is 24.0 Å². The van der Waals surface area contributed by atoms with E-state index >= 15 is 0 Å². The number of nitrogens with one attached hydrogen (secondary N) is 1. The molecule has 0 atom stereocenters. The number of benzene rings is 2. The standard InChI is InChI=1S/C20H23BrN2O/c21-19-9-5-4-8-18(19)15-23-12-10-17(11-13-23)20(24)22-14-16-6-2-1-3-7-16/h1-9,17H,10-15H2,(H,22,24). The number of amides is 1. The molecule has 1 fully saturated rings. The first-order valence-corrected chi connectivity index (χ1v) is 9.29. The van der Waals surface area contributed by atoms with Gasteiger partial charge in [0.2, 0.25) is 5.91 Å². The van der Waals surface area contributed by atoms with Crippen LogP contribution in [-0.2, 0) is 17.9 Å². The van der Waals surface area contributed by atoms with Gasteiger partial charge in [0.25, 0.3) is 0 Å². The van der Waals surface area contributed by atoms with Crippen LogP contribution in [0.2, 0.25) is 0 Å². The van der Waals surface area contributed by atoms with Crippen molar-refractivity contribution in [3.8, 4) is 0 Å². The summed E-state index contributed by atoms with van der Waals surface area (Å²) < 4.78 is 1.16. The number of carbonyl (C=O) groups is 1. The second-order valence-electron chi connectivity index (χ2n) is 6.35. The third kappa shape index (κ3) is 4.68. The Morgan fingerprint density at radius 2 is 1.71 bits per heavy atom. The number of hydrogen-bond donors (Lipinski definition) is 1. The molecule has 0 saturated carbocycles. The fraction of sp³-hybridized carbons (Fsp3) is 0.350. The molecule has 3 nitrogen and oxygen atoms in total. The second kappa shape index (κ2) is 8.45. The highest BCUT2D eigenvalue weighted by Crippen LogP contribution is 2.22. The third-order valence-electron chi connectivity index (χ3n) is 4.62. The Hall–Kier alpha value is -1.65. The largest absolute Gasteiger partial charge is 0.352 e. The van der Waals surface area contributed by atoms with Crippen LogP contribution in [0.15, 0.2) is 59.1 Å². The van der Waals surface area contributed by atoms with Crippen molar-refractivity contribution in [1.82, 2.24) is 10.2 Å². The maximum absolute atomic E-state index is 12.4. The van der Waals surface area contributed by atoms with Crippen molar-refractivity contribution in [2.75, 3.05) is 13.1 Å². The minimum absolute atomic E-state index is 0.143. The summed E-state index contributed by atoms with van der Waals surface area (Å²) in [6, 6.07) is 18.4. The molecule has 24 heavy (non-hydrogen) atoms. The van der Waals surface area contributed by atoms with Crippen LogP contribution in [0.3, 0.4) is 0 Å². The topological polar surface area (TPSA) is 32.3 Å². The molecule has 1 heterocycles. The van der Waals surface area contributed by atoms with Gasteiger partial charge in [0.1, 0.15) is 0 Å². The highest BCUT2D eigenvalue weighted by molar-refractivity contribution is 9.10. The van der Waals surface area contributed by atoms with E-state index in [0.717, 1.165) is 42.5 Å². The van der Waals surface area contributed by atoms with Gasteiger partial charge in [0, 0.05) is 23.5 Å². The number of nitrogens with zero attached hydrogens (tertiary/aromatic N) is 1. The van der Waals surface area contributed by atoms with E-state index in [0.29, 0.717) is 6.54 Å². The molecule has 0 aliphatic carbocycles. The van der Waals surface area contributed by atoms with Gasteiger partial charge in [-0.15, -0.1) is 0 Å². The monoisotopic (exact) mass is 386 g/mol. The Morgan fingerprint density at radius 1 is 1.04 bits per heavy atom. The fourth-order valence-electron chi connectivity index (χ4n) is 3.15. The number of likely N-dealkylation sites (tertiary alicyclic amines) is 1. The number of piperidine rings is 1. The predicted molar refractivity (Wildman–Crippen MR) is 100 cm³/mol. The molecule has 2 aromatic rings. The zero-order valence-corrected chi connectivity index (χ0v) is 15.3. The average Bonchev–Trinajstić information content (AvgIpc) is 2.63. The van der Waals surface area contributed by atoms with Crippen LogP contribution in [0.4, 0.5) is 0 Å². The zero-order valence-electron chi connectivity index (χ0n) is 13.7. The van der Waals surface area contributed by atoms with Crippen molar-refractivity contribution in [3.05, 3.63) is 70.2 Å². The maximum atomic E-state index is 12.4. The lowest BCUT2D eigenvalue weighted by Crippen LogP contribution is -2.40. The number of carbonyl (C=O) groups excluding carboxylic acids is 1. The molecular formula is C20H23BrN2O. The van der Waals surface area contributed by atoms with Crippen LogP contribution < -0.4 is 5.32 Å². The summed E-state index contributed by atoms with van der Waals surface area (Å²) in [6.07, 6.45) is 1.87. The van der Waals surface area contributed by atoms with Crippen LogP contribution in [0.25, 0.3) is 0 Å². The SMILES string of the molecule is O=C(NCc1ccccc1)C1CCN(Cc2ccccc2Br)CC1. The van der Waals surface area contributed by atoms with E-state index in [1.54, 1.807) is 0 Å². The van der Waals surface area contributed by atoms with Crippen molar-refractivity contribution in [1.29, 1.82) is 0 Å². The van der Waals surface area contributed by atoms with E-state index < -0.39 is 0 Å². The van der Waals surface area contributed by atoms with E-state index in [1.165, 1.54) is 5.56 Å². The van der Waals surface area contributed by atoms with Gasteiger partial charge in [-0.25, -0.2) is 0 Å². The molecule has 1 N–H and O–H groups in total. The van der Waals surface area contributed by atoms with Gasteiger partial charge < -0.3 is 5.32 Å².